The van der Waals surface area contributed by atoms with Crippen LogP contribution in [-0.2, 0) is 0 Å². The molecule has 4 aromatic rings. The molecule has 27 heavy (non-hydrogen) atoms. The number of benzene rings is 2. The number of fused-ring (bicyclic) bond motifs is 2. The Morgan fingerprint density at radius 3 is 2.48 bits per heavy atom. The molecule has 136 valence electrons. The molecule has 4 N–H and O–H groups in total. The van der Waals surface area contributed by atoms with E-state index in [0.29, 0.717) is 22.4 Å². The van der Waals surface area contributed by atoms with Crippen LogP contribution in [0.4, 0.5) is 22.1 Å². The smallest absolute Gasteiger partial charge is 0.227 e. The Balaban J connectivity index is 1.78. The number of hydrogen-bond donors (Lipinski definition) is 2. The third-order valence-corrected chi connectivity index (χ3v) is 4.74. The largest absolute Gasteiger partial charge is 0.383 e. The van der Waals surface area contributed by atoms with Gasteiger partial charge < -0.3 is 16.4 Å². The SMILES string of the molecule is CC(c1ccc(F)c2ccccc12)N(C)c1ncc2c(N)nc(N)nc2n1. The predicted molar refractivity (Wildman–Crippen MR) is 105 cm³/mol. The molecule has 8 heteroatoms. The van der Waals surface area contributed by atoms with Crippen molar-refractivity contribution in [2.45, 2.75) is 13.0 Å². The van der Waals surface area contributed by atoms with E-state index in [0.717, 1.165) is 10.9 Å². The maximum atomic E-state index is 14.1. The molecular formula is C19H18FN7. The van der Waals surface area contributed by atoms with E-state index in [1.54, 1.807) is 18.3 Å². The number of nitrogens with zero attached hydrogens (tertiary/aromatic N) is 5. The van der Waals surface area contributed by atoms with Crippen LogP contribution in [0.5, 0.6) is 0 Å². The van der Waals surface area contributed by atoms with Gasteiger partial charge >= 0.3 is 0 Å². The number of nitrogen functional groups attached to an aromatic ring is 2. The second-order valence-electron chi connectivity index (χ2n) is 6.34. The third kappa shape index (κ3) is 2.84. The highest BCUT2D eigenvalue weighted by atomic mass is 19.1. The van der Waals surface area contributed by atoms with Gasteiger partial charge in [-0.05, 0) is 23.9 Å². The van der Waals surface area contributed by atoms with Crippen LogP contribution in [-0.4, -0.2) is 27.0 Å². The summed E-state index contributed by atoms with van der Waals surface area (Å²) in [5.74, 6) is 0.517. The molecule has 4 rings (SSSR count). The highest BCUT2D eigenvalue weighted by Crippen LogP contribution is 2.31. The molecule has 0 amide bonds. The van der Waals surface area contributed by atoms with Gasteiger partial charge in [-0.15, -0.1) is 0 Å². The van der Waals surface area contributed by atoms with Crippen molar-refractivity contribution < 1.29 is 4.39 Å². The summed E-state index contributed by atoms with van der Waals surface area (Å²) in [5, 5.41) is 1.98. The van der Waals surface area contributed by atoms with Gasteiger partial charge in [0.2, 0.25) is 11.9 Å². The van der Waals surface area contributed by atoms with Crippen LogP contribution in [0.1, 0.15) is 18.5 Å². The lowest BCUT2D eigenvalue weighted by Gasteiger charge is -2.26. The van der Waals surface area contributed by atoms with E-state index in [9.17, 15) is 4.39 Å². The number of aromatic nitrogens is 4. The zero-order chi connectivity index (χ0) is 19.1. The second-order valence-corrected chi connectivity index (χ2v) is 6.34. The number of anilines is 3. The van der Waals surface area contributed by atoms with Crippen LogP contribution in [0.2, 0.25) is 0 Å². The molecule has 0 spiro atoms. The molecule has 1 unspecified atom stereocenters. The zero-order valence-electron chi connectivity index (χ0n) is 14.9. The van der Waals surface area contributed by atoms with Crippen LogP contribution < -0.4 is 16.4 Å². The van der Waals surface area contributed by atoms with Gasteiger partial charge in [0.15, 0.2) is 5.65 Å². The minimum atomic E-state index is -0.242. The zero-order valence-corrected chi connectivity index (χ0v) is 14.9. The van der Waals surface area contributed by atoms with Crippen molar-refractivity contribution in [1.29, 1.82) is 0 Å². The Morgan fingerprint density at radius 2 is 1.70 bits per heavy atom. The monoisotopic (exact) mass is 363 g/mol. The average molecular weight is 363 g/mol. The first-order chi connectivity index (χ1) is 13.0. The molecule has 0 radical (unpaired) electrons. The van der Waals surface area contributed by atoms with E-state index < -0.39 is 0 Å². The van der Waals surface area contributed by atoms with Crippen molar-refractivity contribution >= 4 is 39.5 Å². The van der Waals surface area contributed by atoms with Gasteiger partial charge in [0.05, 0.1) is 11.4 Å². The second kappa shape index (κ2) is 6.31. The maximum absolute atomic E-state index is 14.1. The van der Waals surface area contributed by atoms with E-state index in [2.05, 4.69) is 19.9 Å². The van der Waals surface area contributed by atoms with E-state index in [-0.39, 0.29) is 23.6 Å². The van der Waals surface area contributed by atoms with Crippen molar-refractivity contribution in [1.82, 2.24) is 19.9 Å². The van der Waals surface area contributed by atoms with Gasteiger partial charge in [-0.2, -0.15) is 15.0 Å². The minimum absolute atomic E-state index is 0.0601. The molecule has 2 aromatic carbocycles. The van der Waals surface area contributed by atoms with E-state index >= 15 is 0 Å². The van der Waals surface area contributed by atoms with Crippen LogP contribution in [0.3, 0.4) is 0 Å². The summed E-state index contributed by atoms with van der Waals surface area (Å²) >= 11 is 0. The summed E-state index contributed by atoms with van der Waals surface area (Å²) in [7, 11) is 1.87. The third-order valence-electron chi connectivity index (χ3n) is 4.74. The summed E-state index contributed by atoms with van der Waals surface area (Å²) in [6, 6.07) is 10.6. The summed E-state index contributed by atoms with van der Waals surface area (Å²) < 4.78 is 14.1. The molecule has 0 aliphatic rings. The molecule has 0 fully saturated rings. The molecule has 1 atom stereocenters. The fourth-order valence-electron chi connectivity index (χ4n) is 3.15. The fraction of sp³-hybridized carbons (Fsp3) is 0.158. The van der Waals surface area contributed by atoms with Crippen LogP contribution in [0, 0.1) is 5.82 Å². The molecule has 2 aromatic heterocycles. The van der Waals surface area contributed by atoms with Crippen LogP contribution in [0.25, 0.3) is 21.8 Å². The van der Waals surface area contributed by atoms with E-state index in [4.69, 9.17) is 11.5 Å². The quantitative estimate of drug-likeness (QED) is 0.576. The lowest BCUT2D eigenvalue weighted by molar-refractivity contribution is 0.637. The summed E-state index contributed by atoms with van der Waals surface area (Å²) in [4.78, 5) is 18.8. The fourth-order valence-corrected chi connectivity index (χ4v) is 3.15. The number of hydrogen-bond acceptors (Lipinski definition) is 7. The molecule has 7 nitrogen and oxygen atoms in total. The predicted octanol–water partition coefficient (Wildman–Crippen LogP) is 3.07. The molecule has 0 bridgehead atoms. The first-order valence-electron chi connectivity index (χ1n) is 8.41. The summed E-state index contributed by atoms with van der Waals surface area (Å²) in [6.45, 7) is 2.01. The first-order valence-corrected chi connectivity index (χ1v) is 8.41. The highest BCUT2D eigenvalue weighted by molar-refractivity contribution is 5.87. The van der Waals surface area contributed by atoms with Crippen molar-refractivity contribution in [3.63, 3.8) is 0 Å². The van der Waals surface area contributed by atoms with Gasteiger partial charge in [0, 0.05) is 18.6 Å². The molecule has 0 aliphatic carbocycles. The van der Waals surface area contributed by atoms with Gasteiger partial charge in [0.1, 0.15) is 11.6 Å². The van der Waals surface area contributed by atoms with Crippen LogP contribution in [0.15, 0.2) is 42.6 Å². The number of nitrogens with two attached hydrogens (primary N) is 2. The normalized spacial score (nSPS) is 12.4. The van der Waals surface area contributed by atoms with Crippen molar-refractivity contribution in [2.75, 3.05) is 23.4 Å². The van der Waals surface area contributed by atoms with E-state index in [1.807, 2.05) is 37.1 Å². The molecule has 2 heterocycles. The van der Waals surface area contributed by atoms with Gasteiger partial charge in [-0.3, -0.25) is 0 Å². The molecule has 0 saturated heterocycles. The number of halogens is 1. The minimum Gasteiger partial charge on any atom is -0.383 e. The molecule has 0 aliphatic heterocycles. The van der Waals surface area contributed by atoms with Crippen molar-refractivity contribution in [2.24, 2.45) is 0 Å². The number of rotatable bonds is 3. The lowest BCUT2D eigenvalue weighted by atomic mass is 9.98. The molecular weight excluding hydrogens is 345 g/mol. The Hall–Kier alpha value is -3.55. The molecule has 0 saturated carbocycles. The van der Waals surface area contributed by atoms with Crippen molar-refractivity contribution in [3.8, 4) is 0 Å². The van der Waals surface area contributed by atoms with Gasteiger partial charge in [0.25, 0.3) is 0 Å². The Morgan fingerprint density at radius 1 is 0.963 bits per heavy atom. The summed E-state index contributed by atoms with van der Waals surface area (Å²) in [5.41, 5.74) is 12.9. The first kappa shape index (κ1) is 16.9. The van der Waals surface area contributed by atoms with Crippen LogP contribution >= 0.6 is 0 Å². The van der Waals surface area contributed by atoms with Gasteiger partial charge in [-0.25, -0.2) is 9.37 Å². The lowest BCUT2D eigenvalue weighted by Crippen LogP contribution is -2.24. The van der Waals surface area contributed by atoms with Crippen molar-refractivity contribution in [3.05, 3.63) is 54.0 Å². The van der Waals surface area contributed by atoms with E-state index in [1.165, 1.54) is 6.07 Å². The Bertz CT molecular complexity index is 1160. The highest BCUT2D eigenvalue weighted by Gasteiger charge is 2.19. The topological polar surface area (TPSA) is 107 Å². The Labute approximate surface area is 154 Å². The summed E-state index contributed by atoms with van der Waals surface area (Å²) in [6.07, 6.45) is 1.58. The average Bonchev–Trinajstić information content (AvgIpc) is 2.67. The Kier molecular flexibility index (Phi) is 3.95. The standard InChI is InChI=1S/C19H18FN7/c1-10(11-7-8-15(20)13-6-4-3-5-12(11)13)27(2)19-23-9-14-16(21)24-18(22)25-17(14)26-19/h3-10H,1-2H3,(H4,21,22,23,24,25,26). The maximum Gasteiger partial charge on any atom is 0.227 e. The van der Waals surface area contributed by atoms with Gasteiger partial charge in [-0.1, -0.05) is 30.3 Å².